The summed E-state index contributed by atoms with van der Waals surface area (Å²) in [7, 11) is 4.83. The number of aromatic nitrogens is 2. The third-order valence-corrected chi connectivity index (χ3v) is 5.27. The number of amides is 1. The van der Waals surface area contributed by atoms with Crippen LogP contribution in [0.25, 0.3) is 22.5 Å². The second-order valence-electron chi connectivity index (χ2n) is 7.38. The Morgan fingerprint density at radius 3 is 2.18 bits per heavy atom. The van der Waals surface area contributed by atoms with E-state index in [9.17, 15) is 4.79 Å². The highest BCUT2D eigenvalue weighted by atomic mass is 16.5. The van der Waals surface area contributed by atoms with Crippen LogP contribution in [0.4, 0.5) is 0 Å². The predicted molar refractivity (Wildman–Crippen MR) is 127 cm³/mol. The number of carbonyl (C=O) groups is 1. The Bertz CT molecular complexity index is 1230. The minimum Gasteiger partial charge on any atom is -0.497 e. The molecule has 0 radical (unpaired) electrons. The molecule has 1 heterocycles. The molecule has 0 aliphatic rings. The van der Waals surface area contributed by atoms with Gasteiger partial charge < -0.3 is 19.5 Å². The third-order valence-electron chi connectivity index (χ3n) is 5.27. The summed E-state index contributed by atoms with van der Waals surface area (Å²) in [6.07, 6.45) is 0. The Hall–Kier alpha value is -4.26. The molecule has 3 aromatic carbocycles. The van der Waals surface area contributed by atoms with Crippen LogP contribution in [0.5, 0.6) is 17.2 Å². The molecule has 7 nitrogen and oxygen atoms in total. The lowest BCUT2D eigenvalue weighted by molar-refractivity contribution is 0.0951. The van der Waals surface area contributed by atoms with Gasteiger partial charge in [0.2, 0.25) is 0 Å². The molecule has 0 atom stereocenters. The SMILES string of the molecule is COc1cc(CNC(=O)c2ccc(-c3cc(-c4cccc(OC)c4)n[nH]3)cc2)cc(OC)c1. The van der Waals surface area contributed by atoms with Crippen LogP contribution >= 0.6 is 0 Å². The highest BCUT2D eigenvalue weighted by molar-refractivity contribution is 5.94. The van der Waals surface area contributed by atoms with Gasteiger partial charge in [0, 0.05) is 23.7 Å². The molecule has 33 heavy (non-hydrogen) atoms. The molecule has 0 unspecified atom stereocenters. The van der Waals surface area contributed by atoms with E-state index in [4.69, 9.17) is 14.2 Å². The van der Waals surface area contributed by atoms with Crippen molar-refractivity contribution in [2.45, 2.75) is 6.54 Å². The second-order valence-corrected chi connectivity index (χ2v) is 7.38. The molecule has 1 amide bonds. The average Bonchev–Trinajstić information content (AvgIpc) is 3.37. The number of hydrogen-bond acceptors (Lipinski definition) is 5. The largest absolute Gasteiger partial charge is 0.497 e. The Morgan fingerprint density at radius 1 is 0.818 bits per heavy atom. The lowest BCUT2D eigenvalue weighted by Crippen LogP contribution is -2.22. The molecule has 4 rings (SSSR count). The lowest BCUT2D eigenvalue weighted by atomic mass is 10.1. The maximum atomic E-state index is 12.6. The zero-order valence-corrected chi connectivity index (χ0v) is 18.7. The van der Waals surface area contributed by atoms with Crippen molar-refractivity contribution >= 4 is 5.91 Å². The van der Waals surface area contributed by atoms with Crippen molar-refractivity contribution in [2.75, 3.05) is 21.3 Å². The van der Waals surface area contributed by atoms with Crippen molar-refractivity contribution < 1.29 is 19.0 Å². The summed E-state index contributed by atoms with van der Waals surface area (Å²) in [6.45, 7) is 0.360. The Morgan fingerprint density at radius 2 is 1.52 bits per heavy atom. The number of aromatic amines is 1. The minimum atomic E-state index is -0.162. The Labute approximate surface area is 192 Å². The van der Waals surface area contributed by atoms with Gasteiger partial charge in [0.05, 0.1) is 32.7 Å². The number of carbonyl (C=O) groups excluding carboxylic acids is 1. The molecule has 4 aromatic rings. The number of H-pyrrole nitrogens is 1. The van der Waals surface area contributed by atoms with Gasteiger partial charge in [0.1, 0.15) is 17.2 Å². The fourth-order valence-corrected chi connectivity index (χ4v) is 3.45. The van der Waals surface area contributed by atoms with E-state index in [0.29, 0.717) is 23.6 Å². The monoisotopic (exact) mass is 443 g/mol. The number of benzene rings is 3. The molecular weight excluding hydrogens is 418 g/mol. The zero-order valence-electron chi connectivity index (χ0n) is 18.7. The summed E-state index contributed by atoms with van der Waals surface area (Å²) in [5.74, 6) is 1.97. The van der Waals surface area contributed by atoms with Gasteiger partial charge in [-0.15, -0.1) is 0 Å². The first-order valence-corrected chi connectivity index (χ1v) is 10.4. The quantitative estimate of drug-likeness (QED) is 0.412. The molecule has 0 saturated heterocycles. The van der Waals surface area contributed by atoms with E-state index in [2.05, 4.69) is 15.5 Å². The van der Waals surface area contributed by atoms with Crippen LogP contribution in [-0.4, -0.2) is 37.4 Å². The van der Waals surface area contributed by atoms with Crippen LogP contribution in [0.2, 0.25) is 0 Å². The standard InChI is InChI=1S/C26H25N3O4/c1-31-21-6-4-5-20(13-21)25-15-24(28-29-25)18-7-9-19(10-8-18)26(30)27-16-17-11-22(32-2)14-23(12-17)33-3/h4-15H,16H2,1-3H3,(H,27,30)(H,28,29). The molecule has 0 saturated carbocycles. The summed E-state index contributed by atoms with van der Waals surface area (Å²) in [6, 6.07) is 22.6. The average molecular weight is 444 g/mol. The summed E-state index contributed by atoms with van der Waals surface area (Å²) in [5, 5.41) is 10.4. The van der Waals surface area contributed by atoms with Gasteiger partial charge in [0.25, 0.3) is 5.91 Å². The van der Waals surface area contributed by atoms with Crippen molar-refractivity contribution in [2.24, 2.45) is 0 Å². The molecule has 0 spiro atoms. The van der Waals surface area contributed by atoms with Crippen LogP contribution in [-0.2, 0) is 6.54 Å². The van der Waals surface area contributed by atoms with Gasteiger partial charge >= 0.3 is 0 Å². The predicted octanol–water partition coefficient (Wildman–Crippen LogP) is 4.70. The summed E-state index contributed by atoms with van der Waals surface area (Å²) in [5.41, 5.74) is 5.04. The first kappa shape index (κ1) is 22.0. The first-order chi connectivity index (χ1) is 16.1. The lowest BCUT2D eigenvalue weighted by Gasteiger charge is -2.10. The van der Waals surface area contributed by atoms with E-state index in [1.54, 1.807) is 39.5 Å². The van der Waals surface area contributed by atoms with E-state index in [1.807, 2.05) is 54.6 Å². The maximum absolute atomic E-state index is 12.6. The minimum absolute atomic E-state index is 0.162. The number of nitrogens with zero attached hydrogens (tertiary/aromatic N) is 1. The van der Waals surface area contributed by atoms with Crippen LogP contribution in [0.15, 0.2) is 72.8 Å². The van der Waals surface area contributed by atoms with Gasteiger partial charge in [-0.1, -0.05) is 24.3 Å². The molecule has 0 aliphatic heterocycles. The Balaban J connectivity index is 1.43. The van der Waals surface area contributed by atoms with E-state index in [1.165, 1.54) is 0 Å². The molecule has 1 aromatic heterocycles. The van der Waals surface area contributed by atoms with Crippen molar-refractivity contribution in [1.82, 2.24) is 15.5 Å². The van der Waals surface area contributed by atoms with Crippen LogP contribution in [0, 0.1) is 0 Å². The molecule has 168 valence electrons. The smallest absolute Gasteiger partial charge is 0.251 e. The van der Waals surface area contributed by atoms with E-state index in [-0.39, 0.29) is 5.91 Å². The first-order valence-electron chi connectivity index (χ1n) is 10.4. The van der Waals surface area contributed by atoms with E-state index >= 15 is 0 Å². The fraction of sp³-hybridized carbons (Fsp3) is 0.154. The third kappa shape index (κ3) is 5.15. The topological polar surface area (TPSA) is 85.5 Å². The number of rotatable bonds is 8. The highest BCUT2D eigenvalue weighted by Gasteiger charge is 2.10. The molecule has 7 heteroatoms. The van der Waals surface area contributed by atoms with Gasteiger partial charge in [-0.3, -0.25) is 9.89 Å². The van der Waals surface area contributed by atoms with E-state index < -0.39 is 0 Å². The van der Waals surface area contributed by atoms with Gasteiger partial charge in [-0.25, -0.2) is 0 Å². The summed E-state index contributed by atoms with van der Waals surface area (Å²) >= 11 is 0. The van der Waals surface area contributed by atoms with Gasteiger partial charge in [-0.2, -0.15) is 5.10 Å². The van der Waals surface area contributed by atoms with Gasteiger partial charge in [0.15, 0.2) is 0 Å². The van der Waals surface area contributed by atoms with Crippen molar-refractivity contribution in [3.63, 3.8) is 0 Å². The Kier molecular flexibility index (Phi) is 6.59. The van der Waals surface area contributed by atoms with Crippen LogP contribution in [0.3, 0.4) is 0 Å². The summed E-state index contributed by atoms with van der Waals surface area (Å²) in [4.78, 5) is 12.6. The molecule has 0 aliphatic carbocycles. The second kappa shape index (κ2) is 9.91. The normalized spacial score (nSPS) is 10.5. The highest BCUT2D eigenvalue weighted by Crippen LogP contribution is 2.27. The number of hydrogen-bond donors (Lipinski definition) is 2. The van der Waals surface area contributed by atoms with Crippen molar-refractivity contribution in [3.8, 4) is 39.8 Å². The van der Waals surface area contributed by atoms with Crippen molar-refractivity contribution in [3.05, 3.63) is 83.9 Å². The number of ether oxygens (including phenoxy) is 3. The van der Waals surface area contributed by atoms with Gasteiger partial charge in [-0.05, 0) is 53.6 Å². The summed E-state index contributed by atoms with van der Waals surface area (Å²) < 4.78 is 15.8. The molecule has 0 fully saturated rings. The van der Waals surface area contributed by atoms with Crippen molar-refractivity contribution in [1.29, 1.82) is 0 Å². The fourth-order valence-electron chi connectivity index (χ4n) is 3.45. The van der Waals surface area contributed by atoms with E-state index in [0.717, 1.165) is 33.8 Å². The van der Waals surface area contributed by atoms with Crippen LogP contribution < -0.4 is 19.5 Å². The van der Waals surface area contributed by atoms with Crippen LogP contribution in [0.1, 0.15) is 15.9 Å². The maximum Gasteiger partial charge on any atom is 0.251 e. The molecular formula is C26H25N3O4. The number of nitrogens with one attached hydrogen (secondary N) is 2. The molecule has 0 bridgehead atoms. The molecule has 2 N–H and O–H groups in total. The number of methoxy groups -OCH3 is 3. The zero-order chi connectivity index (χ0) is 23.2.